The van der Waals surface area contributed by atoms with E-state index < -0.39 is 0 Å². The van der Waals surface area contributed by atoms with Gasteiger partial charge in [-0.2, -0.15) is 0 Å². The van der Waals surface area contributed by atoms with Crippen LogP contribution in [-0.2, 0) is 0 Å². The second-order valence-electron chi connectivity index (χ2n) is 5.56. The minimum atomic E-state index is -0.162. The standard InChI is InChI=1S/C21H13ClO2/c22-16-9-5-14(6-10-16)7-11-19(23)21-13-18-17-4-2-1-3-15(17)8-12-20(18)24-21/h1-13H/b11-7+. The number of halogens is 1. The Morgan fingerprint density at radius 2 is 1.71 bits per heavy atom. The van der Waals surface area contributed by atoms with E-state index in [0.29, 0.717) is 10.8 Å². The van der Waals surface area contributed by atoms with Gasteiger partial charge in [-0.15, -0.1) is 0 Å². The van der Waals surface area contributed by atoms with Crippen molar-refractivity contribution < 1.29 is 9.21 Å². The summed E-state index contributed by atoms with van der Waals surface area (Å²) < 4.78 is 5.72. The van der Waals surface area contributed by atoms with Crippen molar-refractivity contribution in [1.29, 1.82) is 0 Å². The monoisotopic (exact) mass is 332 g/mol. The lowest BCUT2D eigenvalue weighted by molar-refractivity contribution is 0.102. The molecular formula is C21H13ClO2. The Balaban J connectivity index is 1.69. The highest BCUT2D eigenvalue weighted by Gasteiger charge is 2.11. The highest BCUT2D eigenvalue weighted by atomic mass is 35.5. The van der Waals surface area contributed by atoms with Crippen LogP contribution >= 0.6 is 11.6 Å². The molecule has 0 bridgehead atoms. The van der Waals surface area contributed by atoms with Gasteiger partial charge in [0.05, 0.1) is 0 Å². The largest absolute Gasteiger partial charge is 0.453 e. The van der Waals surface area contributed by atoms with Gasteiger partial charge in [-0.3, -0.25) is 4.79 Å². The molecule has 4 rings (SSSR count). The van der Waals surface area contributed by atoms with E-state index in [0.717, 1.165) is 27.3 Å². The summed E-state index contributed by atoms with van der Waals surface area (Å²) in [6.45, 7) is 0. The molecule has 0 atom stereocenters. The molecule has 2 nitrogen and oxygen atoms in total. The second-order valence-corrected chi connectivity index (χ2v) is 5.99. The van der Waals surface area contributed by atoms with Crippen LogP contribution in [0.15, 0.2) is 77.2 Å². The number of allylic oxidation sites excluding steroid dienone is 1. The molecule has 24 heavy (non-hydrogen) atoms. The van der Waals surface area contributed by atoms with E-state index >= 15 is 0 Å². The van der Waals surface area contributed by atoms with E-state index in [1.807, 2.05) is 54.6 Å². The molecule has 0 saturated carbocycles. The Labute approximate surface area is 144 Å². The maximum atomic E-state index is 12.4. The van der Waals surface area contributed by atoms with Crippen molar-refractivity contribution in [3.8, 4) is 0 Å². The number of carbonyl (C=O) groups is 1. The van der Waals surface area contributed by atoms with Crippen LogP contribution in [0.1, 0.15) is 16.1 Å². The van der Waals surface area contributed by atoms with Gasteiger partial charge >= 0.3 is 0 Å². The van der Waals surface area contributed by atoms with Crippen molar-refractivity contribution in [3.63, 3.8) is 0 Å². The predicted molar refractivity (Wildman–Crippen MR) is 98.5 cm³/mol. The second kappa shape index (κ2) is 5.99. The molecule has 0 unspecified atom stereocenters. The number of carbonyl (C=O) groups excluding carboxylic acids is 1. The first kappa shape index (κ1) is 14.7. The lowest BCUT2D eigenvalue weighted by atomic mass is 10.1. The van der Waals surface area contributed by atoms with Gasteiger partial charge in [0.2, 0.25) is 5.78 Å². The summed E-state index contributed by atoms with van der Waals surface area (Å²) in [5.74, 6) is 0.178. The SMILES string of the molecule is O=C(/C=C/c1ccc(Cl)cc1)c1cc2c(ccc3ccccc32)o1. The van der Waals surface area contributed by atoms with Crippen LogP contribution in [0.4, 0.5) is 0 Å². The zero-order chi connectivity index (χ0) is 16.5. The van der Waals surface area contributed by atoms with Crippen LogP contribution in [0.25, 0.3) is 27.8 Å². The molecule has 0 spiro atoms. The molecule has 0 saturated heterocycles. The Morgan fingerprint density at radius 3 is 2.54 bits per heavy atom. The summed E-state index contributed by atoms with van der Waals surface area (Å²) in [5, 5.41) is 3.83. The highest BCUT2D eigenvalue weighted by molar-refractivity contribution is 6.30. The van der Waals surface area contributed by atoms with E-state index in [-0.39, 0.29) is 5.78 Å². The normalized spacial score (nSPS) is 11.5. The minimum Gasteiger partial charge on any atom is -0.453 e. The molecule has 0 aliphatic carbocycles. The van der Waals surface area contributed by atoms with E-state index in [1.54, 1.807) is 18.2 Å². The van der Waals surface area contributed by atoms with Crippen molar-refractivity contribution in [2.24, 2.45) is 0 Å². The topological polar surface area (TPSA) is 30.2 Å². The summed E-state index contributed by atoms with van der Waals surface area (Å²) >= 11 is 5.86. The zero-order valence-electron chi connectivity index (χ0n) is 12.7. The molecule has 0 aliphatic rings. The number of hydrogen-bond acceptors (Lipinski definition) is 2. The van der Waals surface area contributed by atoms with E-state index in [1.165, 1.54) is 6.08 Å². The third-order valence-corrected chi connectivity index (χ3v) is 4.22. The van der Waals surface area contributed by atoms with Gasteiger partial charge in [0, 0.05) is 10.4 Å². The van der Waals surface area contributed by atoms with E-state index in [2.05, 4.69) is 0 Å². The van der Waals surface area contributed by atoms with E-state index in [4.69, 9.17) is 16.0 Å². The van der Waals surface area contributed by atoms with Gasteiger partial charge in [-0.05, 0) is 46.7 Å². The van der Waals surface area contributed by atoms with Gasteiger partial charge in [0.15, 0.2) is 5.76 Å². The molecule has 116 valence electrons. The molecule has 0 radical (unpaired) electrons. The fourth-order valence-corrected chi connectivity index (χ4v) is 2.87. The average Bonchev–Trinajstić information content (AvgIpc) is 3.06. The third kappa shape index (κ3) is 2.72. The number of fused-ring (bicyclic) bond motifs is 3. The molecule has 0 fully saturated rings. The van der Waals surface area contributed by atoms with Crippen LogP contribution in [0.5, 0.6) is 0 Å². The van der Waals surface area contributed by atoms with Crippen LogP contribution in [0.2, 0.25) is 5.02 Å². The first-order valence-corrected chi connectivity index (χ1v) is 7.98. The fraction of sp³-hybridized carbons (Fsp3) is 0. The van der Waals surface area contributed by atoms with Crippen molar-refractivity contribution >= 4 is 45.2 Å². The maximum absolute atomic E-state index is 12.4. The quantitative estimate of drug-likeness (QED) is 0.333. The van der Waals surface area contributed by atoms with Gasteiger partial charge in [-0.25, -0.2) is 0 Å². The predicted octanol–water partition coefficient (Wildman–Crippen LogP) is 6.14. The number of benzene rings is 3. The summed E-state index contributed by atoms with van der Waals surface area (Å²) in [7, 11) is 0. The van der Waals surface area contributed by atoms with Gasteiger partial charge < -0.3 is 4.42 Å². The molecule has 0 N–H and O–H groups in total. The maximum Gasteiger partial charge on any atom is 0.221 e. The lowest BCUT2D eigenvalue weighted by Crippen LogP contribution is -1.90. The summed E-state index contributed by atoms with van der Waals surface area (Å²) in [6, 6.07) is 21.1. The number of hydrogen-bond donors (Lipinski definition) is 0. The summed E-state index contributed by atoms with van der Waals surface area (Å²) in [5.41, 5.74) is 1.63. The Bertz CT molecular complexity index is 1070. The van der Waals surface area contributed by atoms with Gasteiger partial charge in [0.1, 0.15) is 5.58 Å². The molecule has 1 heterocycles. The summed E-state index contributed by atoms with van der Waals surface area (Å²) in [4.78, 5) is 12.4. The molecule has 0 aliphatic heterocycles. The Kier molecular flexibility index (Phi) is 3.68. The van der Waals surface area contributed by atoms with E-state index in [9.17, 15) is 4.79 Å². The van der Waals surface area contributed by atoms with Crippen molar-refractivity contribution in [3.05, 3.63) is 89.2 Å². The fourth-order valence-electron chi connectivity index (χ4n) is 2.74. The number of rotatable bonds is 3. The van der Waals surface area contributed by atoms with Crippen LogP contribution in [0.3, 0.4) is 0 Å². The van der Waals surface area contributed by atoms with Crippen molar-refractivity contribution in [2.75, 3.05) is 0 Å². The van der Waals surface area contributed by atoms with Crippen molar-refractivity contribution in [1.82, 2.24) is 0 Å². The smallest absolute Gasteiger partial charge is 0.221 e. The zero-order valence-corrected chi connectivity index (χ0v) is 13.5. The van der Waals surface area contributed by atoms with Crippen LogP contribution in [0, 0.1) is 0 Å². The first-order chi connectivity index (χ1) is 11.7. The Hall–Kier alpha value is -2.84. The molecule has 0 amide bonds. The Morgan fingerprint density at radius 1 is 0.917 bits per heavy atom. The lowest BCUT2D eigenvalue weighted by Gasteiger charge is -1.96. The molecule has 3 heteroatoms. The van der Waals surface area contributed by atoms with Crippen LogP contribution in [-0.4, -0.2) is 5.78 Å². The summed E-state index contributed by atoms with van der Waals surface area (Å²) in [6.07, 6.45) is 3.27. The minimum absolute atomic E-state index is 0.162. The third-order valence-electron chi connectivity index (χ3n) is 3.97. The van der Waals surface area contributed by atoms with Crippen LogP contribution < -0.4 is 0 Å². The van der Waals surface area contributed by atoms with Gasteiger partial charge in [0.25, 0.3) is 0 Å². The van der Waals surface area contributed by atoms with Gasteiger partial charge in [-0.1, -0.05) is 60.1 Å². The highest BCUT2D eigenvalue weighted by Crippen LogP contribution is 2.28. The molecule has 1 aromatic heterocycles. The first-order valence-electron chi connectivity index (χ1n) is 7.60. The van der Waals surface area contributed by atoms with Crippen molar-refractivity contribution in [2.45, 2.75) is 0 Å². The number of furan rings is 1. The molecular weight excluding hydrogens is 320 g/mol. The molecule has 3 aromatic carbocycles. The molecule has 4 aromatic rings. The average molecular weight is 333 g/mol. The number of ketones is 1.